The first-order chi connectivity index (χ1) is 9.36. The average Bonchev–Trinajstić information content (AvgIpc) is 2.96. The maximum absolute atomic E-state index is 12.2. The molecule has 0 spiro atoms. The van der Waals surface area contributed by atoms with E-state index in [1.807, 2.05) is 6.92 Å². The predicted octanol–water partition coefficient (Wildman–Crippen LogP) is 2.55. The van der Waals surface area contributed by atoms with Crippen molar-refractivity contribution in [1.29, 1.82) is 0 Å². The third-order valence-corrected chi connectivity index (χ3v) is 3.65. The molecule has 0 heterocycles. The summed E-state index contributed by atoms with van der Waals surface area (Å²) in [6.45, 7) is 6.52. The van der Waals surface area contributed by atoms with Gasteiger partial charge in [-0.3, -0.25) is 14.9 Å². The van der Waals surface area contributed by atoms with Crippen molar-refractivity contribution < 1.29 is 9.72 Å². The second-order valence-corrected chi connectivity index (χ2v) is 5.71. The molecule has 0 aromatic heterocycles. The number of nitrogens with one attached hydrogen (secondary N) is 2. The fourth-order valence-electron chi connectivity index (χ4n) is 2.21. The van der Waals surface area contributed by atoms with E-state index in [9.17, 15) is 14.9 Å². The van der Waals surface area contributed by atoms with E-state index in [4.69, 9.17) is 0 Å². The topological polar surface area (TPSA) is 84.3 Å². The zero-order valence-corrected chi connectivity index (χ0v) is 11.9. The summed E-state index contributed by atoms with van der Waals surface area (Å²) in [5, 5.41) is 17.0. The second-order valence-electron chi connectivity index (χ2n) is 5.71. The van der Waals surface area contributed by atoms with Crippen LogP contribution in [0.2, 0.25) is 0 Å². The Balaban J connectivity index is 2.28. The molecule has 2 rings (SSSR count). The number of amides is 1. The van der Waals surface area contributed by atoms with Crippen LogP contribution >= 0.6 is 0 Å². The molecule has 108 valence electrons. The van der Waals surface area contributed by atoms with Gasteiger partial charge in [-0.1, -0.05) is 19.9 Å². The molecule has 1 aromatic rings. The molecule has 6 nitrogen and oxygen atoms in total. The largest absolute Gasteiger partial charge is 0.380 e. The van der Waals surface area contributed by atoms with E-state index in [-0.39, 0.29) is 28.6 Å². The smallest absolute Gasteiger partial charge is 0.305 e. The van der Waals surface area contributed by atoms with Gasteiger partial charge in [0.1, 0.15) is 11.3 Å². The number of para-hydroxylation sites is 1. The van der Waals surface area contributed by atoms with Crippen LogP contribution in [0.3, 0.4) is 0 Å². The van der Waals surface area contributed by atoms with Gasteiger partial charge in [0.2, 0.25) is 0 Å². The van der Waals surface area contributed by atoms with Gasteiger partial charge in [-0.05, 0) is 30.9 Å². The molecular formula is C14H19N3O3. The van der Waals surface area contributed by atoms with Gasteiger partial charge < -0.3 is 10.6 Å². The summed E-state index contributed by atoms with van der Waals surface area (Å²) in [4.78, 5) is 22.9. The van der Waals surface area contributed by atoms with Crippen LogP contribution in [0.4, 0.5) is 11.4 Å². The summed E-state index contributed by atoms with van der Waals surface area (Å²) >= 11 is 0. The first-order valence-electron chi connectivity index (χ1n) is 6.69. The summed E-state index contributed by atoms with van der Waals surface area (Å²) in [7, 11) is 0. The molecule has 1 aromatic carbocycles. The molecule has 1 amide bonds. The Morgan fingerprint density at radius 1 is 1.50 bits per heavy atom. The number of nitrogens with zero attached hydrogens (tertiary/aromatic N) is 1. The van der Waals surface area contributed by atoms with Crippen molar-refractivity contribution in [3.8, 4) is 0 Å². The maximum atomic E-state index is 12.2. The molecule has 2 N–H and O–H groups in total. The molecule has 1 unspecified atom stereocenters. The van der Waals surface area contributed by atoms with Gasteiger partial charge >= 0.3 is 5.69 Å². The minimum absolute atomic E-state index is 0.0870. The minimum Gasteiger partial charge on any atom is -0.380 e. The molecule has 0 aliphatic heterocycles. The lowest BCUT2D eigenvalue weighted by Gasteiger charge is -2.10. The first kappa shape index (κ1) is 14.3. The quantitative estimate of drug-likeness (QED) is 0.640. The van der Waals surface area contributed by atoms with Gasteiger partial charge in [0.05, 0.1) is 4.92 Å². The van der Waals surface area contributed by atoms with Gasteiger partial charge in [0.15, 0.2) is 0 Å². The Morgan fingerprint density at radius 3 is 2.65 bits per heavy atom. The van der Waals surface area contributed by atoms with E-state index in [2.05, 4.69) is 24.5 Å². The standard InChI is InChI=1S/C14H19N3O3/c1-4-15-10-7-5-6-9(12(10)17(19)20)13(18)16-11-8-14(11,2)3/h5-7,11,15H,4,8H2,1-3H3,(H,16,18). The third-order valence-electron chi connectivity index (χ3n) is 3.65. The fourth-order valence-corrected chi connectivity index (χ4v) is 2.21. The number of anilines is 1. The molecule has 1 aliphatic rings. The number of nitro groups is 1. The van der Waals surface area contributed by atoms with E-state index >= 15 is 0 Å². The van der Waals surface area contributed by atoms with E-state index in [0.717, 1.165) is 6.42 Å². The van der Waals surface area contributed by atoms with E-state index < -0.39 is 4.92 Å². The van der Waals surface area contributed by atoms with Crippen LogP contribution in [0.1, 0.15) is 37.6 Å². The van der Waals surface area contributed by atoms with Crippen molar-refractivity contribution in [3.63, 3.8) is 0 Å². The lowest BCUT2D eigenvalue weighted by Crippen LogP contribution is -2.29. The Labute approximate surface area is 117 Å². The zero-order valence-electron chi connectivity index (χ0n) is 11.9. The van der Waals surface area contributed by atoms with Crippen molar-refractivity contribution in [1.82, 2.24) is 5.32 Å². The zero-order chi connectivity index (χ0) is 14.9. The van der Waals surface area contributed by atoms with Crippen LogP contribution in [0.15, 0.2) is 18.2 Å². The third kappa shape index (κ3) is 2.74. The van der Waals surface area contributed by atoms with Crippen LogP contribution < -0.4 is 10.6 Å². The number of nitro benzene ring substituents is 1. The summed E-state index contributed by atoms with van der Waals surface area (Å²) < 4.78 is 0. The summed E-state index contributed by atoms with van der Waals surface area (Å²) in [6, 6.07) is 4.85. The van der Waals surface area contributed by atoms with Crippen LogP contribution in [0, 0.1) is 15.5 Å². The van der Waals surface area contributed by atoms with Gasteiger partial charge in [0.25, 0.3) is 5.91 Å². The SMILES string of the molecule is CCNc1cccc(C(=O)NC2CC2(C)C)c1[N+](=O)[O-]. The van der Waals surface area contributed by atoms with Crippen molar-refractivity contribution >= 4 is 17.3 Å². The molecule has 1 saturated carbocycles. The predicted molar refractivity (Wildman–Crippen MR) is 76.9 cm³/mol. The fraction of sp³-hybridized carbons (Fsp3) is 0.500. The van der Waals surface area contributed by atoms with E-state index in [0.29, 0.717) is 12.2 Å². The Morgan fingerprint density at radius 2 is 2.15 bits per heavy atom. The number of carbonyl (C=O) groups excluding carboxylic acids is 1. The lowest BCUT2D eigenvalue weighted by molar-refractivity contribution is -0.384. The molecule has 1 aliphatic carbocycles. The highest BCUT2D eigenvalue weighted by Gasteiger charge is 2.47. The minimum atomic E-state index is -0.509. The number of carbonyl (C=O) groups is 1. The van der Waals surface area contributed by atoms with Crippen LogP contribution in [0.5, 0.6) is 0 Å². The molecule has 0 saturated heterocycles. The maximum Gasteiger partial charge on any atom is 0.305 e. The van der Waals surface area contributed by atoms with Crippen LogP contribution in [-0.4, -0.2) is 23.4 Å². The normalized spacial score (nSPS) is 19.2. The van der Waals surface area contributed by atoms with Crippen LogP contribution in [-0.2, 0) is 0 Å². The molecule has 20 heavy (non-hydrogen) atoms. The summed E-state index contributed by atoms with van der Waals surface area (Å²) in [5.74, 6) is -0.382. The Bertz CT molecular complexity index is 555. The van der Waals surface area contributed by atoms with Crippen molar-refractivity contribution in [2.24, 2.45) is 5.41 Å². The van der Waals surface area contributed by atoms with Crippen molar-refractivity contribution in [2.45, 2.75) is 33.2 Å². The molecule has 1 fully saturated rings. The average molecular weight is 277 g/mol. The van der Waals surface area contributed by atoms with Crippen molar-refractivity contribution in [2.75, 3.05) is 11.9 Å². The number of hydrogen-bond acceptors (Lipinski definition) is 4. The Hall–Kier alpha value is -2.11. The number of hydrogen-bond donors (Lipinski definition) is 2. The highest BCUT2D eigenvalue weighted by Crippen LogP contribution is 2.44. The first-order valence-corrected chi connectivity index (χ1v) is 6.69. The van der Waals surface area contributed by atoms with E-state index in [1.165, 1.54) is 6.07 Å². The van der Waals surface area contributed by atoms with Gasteiger partial charge in [-0.25, -0.2) is 0 Å². The Kier molecular flexibility index (Phi) is 3.65. The van der Waals surface area contributed by atoms with Crippen molar-refractivity contribution in [3.05, 3.63) is 33.9 Å². The molecule has 0 radical (unpaired) electrons. The number of benzene rings is 1. The van der Waals surface area contributed by atoms with Gasteiger partial charge in [-0.15, -0.1) is 0 Å². The van der Waals surface area contributed by atoms with Crippen LogP contribution in [0.25, 0.3) is 0 Å². The lowest BCUT2D eigenvalue weighted by atomic mass is 10.1. The summed E-state index contributed by atoms with van der Waals surface area (Å²) in [5.41, 5.74) is 0.408. The van der Waals surface area contributed by atoms with Gasteiger partial charge in [-0.2, -0.15) is 0 Å². The summed E-state index contributed by atoms with van der Waals surface area (Å²) in [6.07, 6.45) is 0.902. The monoisotopic (exact) mass is 277 g/mol. The highest BCUT2D eigenvalue weighted by molar-refractivity contribution is 6.00. The molecule has 6 heteroatoms. The highest BCUT2D eigenvalue weighted by atomic mass is 16.6. The van der Waals surface area contributed by atoms with E-state index in [1.54, 1.807) is 12.1 Å². The number of rotatable bonds is 5. The van der Waals surface area contributed by atoms with Gasteiger partial charge in [0, 0.05) is 12.6 Å². The molecule has 1 atom stereocenters. The second kappa shape index (κ2) is 5.11. The molecule has 0 bridgehead atoms. The molecular weight excluding hydrogens is 258 g/mol.